The summed E-state index contributed by atoms with van der Waals surface area (Å²) in [4.78, 5) is 17.9. The first-order valence-electron chi connectivity index (χ1n) is 8.79. The Labute approximate surface area is 161 Å². The predicted molar refractivity (Wildman–Crippen MR) is 111 cm³/mol. The monoisotopic (exact) mass is 370 g/mol. The van der Waals surface area contributed by atoms with Crippen LogP contribution in [0.5, 0.6) is 11.5 Å². The third kappa shape index (κ3) is 3.25. The maximum Gasteiger partial charge on any atom is 0.266 e. The van der Waals surface area contributed by atoms with Crippen molar-refractivity contribution in [3.8, 4) is 17.2 Å². The number of hydrogen-bond acceptors (Lipinski definition) is 4. The third-order valence-corrected chi connectivity index (χ3v) is 4.46. The van der Waals surface area contributed by atoms with E-state index in [1.54, 1.807) is 54.2 Å². The highest BCUT2D eigenvalue weighted by molar-refractivity contribution is 5.80. The standard InChI is InChI=1S/C23H18N2O3/c1-28-18-9-6-8-17(15-18)25-22(14-13-16-7-2-5-12-21(16)26)24-20-11-4-3-10-19(20)23(25)27/h2-15,26H,1H3. The van der Waals surface area contributed by atoms with Gasteiger partial charge in [-0.05, 0) is 42.5 Å². The summed E-state index contributed by atoms with van der Waals surface area (Å²) in [5.74, 6) is 1.27. The number of methoxy groups -OCH3 is 1. The summed E-state index contributed by atoms with van der Waals surface area (Å²) in [6, 6.07) is 21.5. The molecule has 1 N–H and O–H groups in total. The van der Waals surface area contributed by atoms with Gasteiger partial charge in [-0.15, -0.1) is 0 Å². The summed E-state index contributed by atoms with van der Waals surface area (Å²) in [6.45, 7) is 0. The topological polar surface area (TPSA) is 64.3 Å². The summed E-state index contributed by atoms with van der Waals surface area (Å²) < 4.78 is 6.84. The molecule has 0 aliphatic heterocycles. The van der Waals surface area contributed by atoms with Crippen molar-refractivity contribution >= 4 is 23.1 Å². The summed E-state index contributed by atoms with van der Waals surface area (Å²) in [6.07, 6.45) is 3.46. The second kappa shape index (κ2) is 7.40. The van der Waals surface area contributed by atoms with Crippen LogP contribution in [-0.2, 0) is 0 Å². The first-order valence-corrected chi connectivity index (χ1v) is 8.79. The first-order chi connectivity index (χ1) is 13.7. The molecule has 4 aromatic rings. The van der Waals surface area contributed by atoms with E-state index in [2.05, 4.69) is 4.98 Å². The third-order valence-electron chi connectivity index (χ3n) is 4.46. The number of aromatic nitrogens is 2. The normalized spacial score (nSPS) is 11.2. The molecule has 4 rings (SSSR count). The molecule has 0 fully saturated rings. The molecule has 1 heterocycles. The summed E-state index contributed by atoms with van der Waals surface area (Å²) in [5, 5.41) is 10.5. The van der Waals surface area contributed by atoms with Gasteiger partial charge in [-0.2, -0.15) is 0 Å². The lowest BCUT2D eigenvalue weighted by Gasteiger charge is -2.12. The Bertz CT molecular complexity index is 1240. The number of hydrogen-bond donors (Lipinski definition) is 1. The molecule has 138 valence electrons. The minimum absolute atomic E-state index is 0.162. The van der Waals surface area contributed by atoms with Crippen LogP contribution in [0.3, 0.4) is 0 Å². The number of rotatable bonds is 4. The average Bonchev–Trinajstić information content (AvgIpc) is 2.73. The Morgan fingerprint density at radius 3 is 2.57 bits per heavy atom. The Kier molecular flexibility index (Phi) is 4.64. The molecule has 0 aliphatic carbocycles. The highest BCUT2D eigenvalue weighted by Crippen LogP contribution is 2.21. The molecule has 0 saturated carbocycles. The van der Waals surface area contributed by atoms with Crippen molar-refractivity contribution in [2.24, 2.45) is 0 Å². The molecule has 1 aromatic heterocycles. The molecule has 28 heavy (non-hydrogen) atoms. The van der Waals surface area contributed by atoms with E-state index in [0.717, 1.165) is 0 Å². The lowest BCUT2D eigenvalue weighted by atomic mass is 10.2. The minimum atomic E-state index is -0.171. The van der Waals surface area contributed by atoms with E-state index >= 15 is 0 Å². The lowest BCUT2D eigenvalue weighted by Crippen LogP contribution is -2.22. The molecule has 0 atom stereocenters. The van der Waals surface area contributed by atoms with E-state index in [1.807, 2.05) is 42.5 Å². The van der Waals surface area contributed by atoms with E-state index in [4.69, 9.17) is 4.74 Å². The fourth-order valence-electron chi connectivity index (χ4n) is 3.05. The van der Waals surface area contributed by atoms with Crippen molar-refractivity contribution in [2.45, 2.75) is 0 Å². The van der Waals surface area contributed by atoms with Gasteiger partial charge in [0.05, 0.1) is 23.7 Å². The van der Waals surface area contributed by atoms with Gasteiger partial charge >= 0.3 is 0 Å². The molecule has 5 heteroatoms. The van der Waals surface area contributed by atoms with Gasteiger partial charge in [0.25, 0.3) is 5.56 Å². The highest BCUT2D eigenvalue weighted by atomic mass is 16.5. The van der Waals surface area contributed by atoms with E-state index in [-0.39, 0.29) is 11.3 Å². The number of ether oxygens (including phenoxy) is 1. The number of nitrogens with zero attached hydrogens (tertiary/aromatic N) is 2. The summed E-state index contributed by atoms with van der Waals surface area (Å²) in [5.41, 5.74) is 1.74. The highest BCUT2D eigenvalue weighted by Gasteiger charge is 2.11. The van der Waals surface area contributed by atoms with Crippen molar-refractivity contribution in [2.75, 3.05) is 7.11 Å². The molecule has 0 unspecified atom stereocenters. The second-order valence-corrected chi connectivity index (χ2v) is 6.22. The number of benzene rings is 3. The zero-order chi connectivity index (χ0) is 19.5. The maximum absolute atomic E-state index is 13.2. The van der Waals surface area contributed by atoms with Crippen LogP contribution < -0.4 is 10.3 Å². The van der Waals surface area contributed by atoms with Gasteiger partial charge in [-0.25, -0.2) is 4.98 Å². The molecule has 0 amide bonds. The van der Waals surface area contributed by atoms with Gasteiger partial charge < -0.3 is 9.84 Å². The van der Waals surface area contributed by atoms with Crippen molar-refractivity contribution in [3.63, 3.8) is 0 Å². The minimum Gasteiger partial charge on any atom is -0.507 e. The van der Waals surface area contributed by atoms with Crippen molar-refractivity contribution in [3.05, 3.63) is 94.5 Å². The van der Waals surface area contributed by atoms with E-state index in [1.165, 1.54) is 0 Å². The van der Waals surface area contributed by atoms with E-state index < -0.39 is 0 Å². The maximum atomic E-state index is 13.2. The Balaban J connectivity index is 1.96. The molecule has 5 nitrogen and oxygen atoms in total. The molecule has 0 aliphatic rings. The van der Waals surface area contributed by atoms with Crippen LogP contribution in [0, 0.1) is 0 Å². The van der Waals surface area contributed by atoms with Crippen LogP contribution in [0.2, 0.25) is 0 Å². The number of phenols is 1. The van der Waals surface area contributed by atoms with Crippen LogP contribution in [0.25, 0.3) is 28.7 Å². The number of para-hydroxylation sites is 2. The second-order valence-electron chi connectivity index (χ2n) is 6.22. The Morgan fingerprint density at radius 2 is 1.75 bits per heavy atom. The quantitative estimate of drug-likeness (QED) is 0.583. The zero-order valence-corrected chi connectivity index (χ0v) is 15.2. The van der Waals surface area contributed by atoms with Gasteiger partial charge in [0.1, 0.15) is 17.3 Å². The van der Waals surface area contributed by atoms with Crippen molar-refractivity contribution < 1.29 is 9.84 Å². The van der Waals surface area contributed by atoms with E-state index in [9.17, 15) is 9.90 Å². The van der Waals surface area contributed by atoms with Crippen LogP contribution in [-0.4, -0.2) is 21.8 Å². The molecular formula is C23H18N2O3. The molecule has 0 radical (unpaired) electrons. The van der Waals surface area contributed by atoms with Gasteiger partial charge in [-0.1, -0.05) is 36.4 Å². The zero-order valence-electron chi connectivity index (χ0n) is 15.2. The molecule has 0 bridgehead atoms. The van der Waals surface area contributed by atoms with Crippen LogP contribution in [0.15, 0.2) is 77.6 Å². The smallest absolute Gasteiger partial charge is 0.266 e. The number of fused-ring (bicyclic) bond motifs is 1. The fraction of sp³-hybridized carbons (Fsp3) is 0.0435. The van der Waals surface area contributed by atoms with Crippen molar-refractivity contribution in [1.82, 2.24) is 9.55 Å². The molecule has 0 saturated heterocycles. The summed E-state index contributed by atoms with van der Waals surface area (Å²) in [7, 11) is 1.58. The van der Waals surface area contributed by atoms with Crippen LogP contribution >= 0.6 is 0 Å². The molecule has 3 aromatic carbocycles. The van der Waals surface area contributed by atoms with Gasteiger partial charge in [0.15, 0.2) is 0 Å². The largest absolute Gasteiger partial charge is 0.507 e. The number of phenolic OH excluding ortho intramolecular Hbond substituents is 1. The van der Waals surface area contributed by atoms with Gasteiger partial charge in [0.2, 0.25) is 0 Å². The average molecular weight is 370 g/mol. The Hall–Kier alpha value is -3.86. The first kappa shape index (κ1) is 17.5. The number of aromatic hydroxyl groups is 1. The fourth-order valence-corrected chi connectivity index (χ4v) is 3.05. The van der Waals surface area contributed by atoms with Gasteiger partial charge in [-0.3, -0.25) is 9.36 Å². The van der Waals surface area contributed by atoms with Crippen LogP contribution in [0.4, 0.5) is 0 Å². The Morgan fingerprint density at radius 1 is 0.964 bits per heavy atom. The van der Waals surface area contributed by atoms with E-state index in [0.29, 0.717) is 33.7 Å². The molecule has 0 spiro atoms. The summed E-state index contributed by atoms with van der Waals surface area (Å²) >= 11 is 0. The molecular weight excluding hydrogens is 352 g/mol. The SMILES string of the molecule is COc1cccc(-n2c(C=Cc3ccccc3O)nc3ccccc3c2=O)c1. The van der Waals surface area contributed by atoms with Crippen LogP contribution in [0.1, 0.15) is 11.4 Å². The van der Waals surface area contributed by atoms with Gasteiger partial charge in [0, 0.05) is 11.6 Å². The predicted octanol–water partition coefficient (Wildman–Crippen LogP) is 4.27. The lowest BCUT2D eigenvalue weighted by molar-refractivity contribution is 0.414. The van der Waals surface area contributed by atoms with Crippen molar-refractivity contribution in [1.29, 1.82) is 0 Å².